The fraction of sp³-hybridized carbons (Fsp3) is 0.429. The van der Waals surface area contributed by atoms with Crippen LogP contribution in [-0.4, -0.2) is 40.2 Å². The fourth-order valence-corrected chi connectivity index (χ4v) is 3.30. The van der Waals surface area contributed by atoms with Crippen LogP contribution < -0.4 is 5.32 Å². The third kappa shape index (κ3) is 4.61. The number of hydrogen-bond donors (Lipinski definition) is 1. The zero-order valence-electron chi connectivity index (χ0n) is 15.7. The summed E-state index contributed by atoms with van der Waals surface area (Å²) in [5, 5.41) is 7.40. The van der Waals surface area contributed by atoms with Crippen LogP contribution in [0.5, 0.6) is 0 Å². The molecule has 2 aromatic rings. The van der Waals surface area contributed by atoms with Gasteiger partial charge in [-0.05, 0) is 37.0 Å². The molecule has 0 atom stereocenters. The van der Waals surface area contributed by atoms with Crippen molar-refractivity contribution >= 4 is 17.2 Å². The Kier molecular flexibility index (Phi) is 6.23. The third-order valence-electron chi connectivity index (χ3n) is 4.95. The lowest BCUT2D eigenvalue weighted by Crippen LogP contribution is -2.31. The molecule has 2 heterocycles. The number of aromatic nitrogens is 2. The van der Waals surface area contributed by atoms with Crippen molar-refractivity contribution in [3.63, 3.8) is 0 Å². The molecular formula is C21H28N4O. The number of amides is 1. The number of aryl methyl sites for hydroxylation is 2. The number of nitrogens with zero attached hydrogens (tertiary/aromatic N) is 3. The molecule has 1 N–H and O–H groups in total. The lowest BCUT2D eigenvalue weighted by atomic mass is 10.0. The van der Waals surface area contributed by atoms with E-state index >= 15 is 0 Å². The highest BCUT2D eigenvalue weighted by Crippen LogP contribution is 2.22. The lowest BCUT2D eigenvalue weighted by Gasteiger charge is -2.25. The van der Waals surface area contributed by atoms with E-state index in [1.54, 1.807) is 0 Å². The summed E-state index contributed by atoms with van der Waals surface area (Å²) >= 11 is 0. The van der Waals surface area contributed by atoms with Crippen molar-refractivity contribution in [1.29, 1.82) is 0 Å². The third-order valence-corrected chi connectivity index (χ3v) is 4.95. The van der Waals surface area contributed by atoms with Gasteiger partial charge >= 0.3 is 0 Å². The van der Waals surface area contributed by atoms with Crippen molar-refractivity contribution < 1.29 is 4.79 Å². The monoisotopic (exact) mass is 352 g/mol. The Balaban J connectivity index is 1.48. The van der Waals surface area contributed by atoms with Gasteiger partial charge in [-0.25, -0.2) is 0 Å². The summed E-state index contributed by atoms with van der Waals surface area (Å²) in [4.78, 5) is 14.6. The van der Waals surface area contributed by atoms with E-state index in [1.807, 2.05) is 29.1 Å². The number of carbonyl (C=O) groups is 1. The standard InChI is InChI=1S/C21H28N4O/c1-3-17-7-5-6-8-20(17)23-21(26)11-14-24-12-9-18(10-13-24)19-15-22-25(4-2)16-19/h5-9,15-16H,3-4,10-14H2,1-2H3,(H,23,26). The van der Waals surface area contributed by atoms with Crippen LogP contribution in [0.25, 0.3) is 5.57 Å². The predicted molar refractivity (Wildman–Crippen MR) is 106 cm³/mol. The molecule has 0 radical (unpaired) electrons. The maximum Gasteiger partial charge on any atom is 0.225 e. The summed E-state index contributed by atoms with van der Waals surface area (Å²) in [6.07, 6.45) is 8.78. The smallest absolute Gasteiger partial charge is 0.225 e. The fourth-order valence-electron chi connectivity index (χ4n) is 3.30. The van der Waals surface area contributed by atoms with Crippen molar-refractivity contribution in [3.05, 3.63) is 53.9 Å². The molecular weight excluding hydrogens is 324 g/mol. The highest BCUT2D eigenvalue weighted by molar-refractivity contribution is 5.91. The van der Waals surface area contributed by atoms with Crippen LogP contribution in [0.4, 0.5) is 5.69 Å². The van der Waals surface area contributed by atoms with Crippen LogP contribution in [0.2, 0.25) is 0 Å². The van der Waals surface area contributed by atoms with Gasteiger partial charge in [-0.3, -0.25) is 14.4 Å². The van der Waals surface area contributed by atoms with E-state index < -0.39 is 0 Å². The van der Waals surface area contributed by atoms with E-state index in [-0.39, 0.29) is 5.91 Å². The minimum Gasteiger partial charge on any atom is -0.326 e. The van der Waals surface area contributed by atoms with E-state index in [9.17, 15) is 4.79 Å². The molecule has 0 spiro atoms. The Labute approximate surface area is 155 Å². The highest BCUT2D eigenvalue weighted by atomic mass is 16.1. The number of carbonyl (C=O) groups excluding carboxylic acids is 1. The molecule has 26 heavy (non-hydrogen) atoms. The van der Waals surface area contributed by atoms with Gasteiger partial charge in [0.25, 0.3) is 0 Å². The van der Waals surface area contributed by atoms with Gasteiger partial charge in [0.05, 0.1) is 6.20 Å². The second kappa shape index (κ2) is 8.81. The molecule has 1 aliphatic heterocycles. The van der Waals surface area contributed by atoms with Crippen LogP contribution in [0.1, 0.15) is 37.8 Å². The van der Waals surface area contributed by atoms with Crippen LogP contribution in [0.3, 0.4) is 0 Å². The largest absolute Gasteiger partial charge is 0.326 e. The molecule has 5 heteroatoms. The molecule has 1 aromatic heterocycles. The topological polar surface area (TPSA) is 50.2 Å². The van der Waals surface area contributed by atoms with Gasteiger partial charge in [0, 0.05) is 50.0 Å². The maximum absolute atomic E-state index is 12.3. The van der Waals surface area contributed by atoms with Gasteiger partial charge in [0.1, 0.15) is 0 Å². The van der Waals surface area contributed by atoms with E-state index in [2.05, 4.69) is 47.5 Å². The first-order valence-corrected chi connectivity index (χ1v) is 9.51. The summed E-state index contributed by atoms with van der Waals surface area (Å²) in [5.74, 6) is 0.0879. The number of para-hydroxylation sites is 1. The van der Waals surface area contributed by atoms with Crippen LogP contribution >= 0.6 is 0 Å². The van der Waals surface area contributed by atoms with Gasteiger partial charge in [-0.15, -0.1) is 0 Å². The highest BCUT2D eigenvalue weighted by Gasteiger charge is 2.15. The summed E-state index contributed by atoms with van der Waals surface area (Å²) in [6, 6.07) is 8.01. The molecule has 1 aromatic carbocycles. The molecule has 3 rings (SSSR count). The van der Waals surface area contributed by atoms with Gasteiger partial charge in [0.2, 0.25) is 5.91 Å². The number of benzene rings is 1. The van der Waals surface area contributed by atoms with Gasteiger partial charge in [-0.1, -0.05) is 31.2 Å². The first-order chi connectivity index (χ1) is 12.7. The van der Waals surface area contributed by atoms with Crippen molar-refractivity contribution in [3.8, 4) is 0 Å². The maximum atomic E-state index is 12.3. The minimum absolute atomic E-state index is 0.0879. The molecule has 0 saturated carbocycles. The Morgan fingerprint density at radius 3 is 2.81 bits per heavy atom. The summed E-state index contributed by atoms with van der Waals surface area (Å²) in [7, 11) is 0. The average molecular weight is 352 g/mol. The molecule has 0 unspecified atom stereocenters. The first-order valence-electron chi connectivity index (χ1n) is 9.51. The zero-order chi connectivity index (χ0) is 18.4. The Hall–Kier alpha value is -2.40. The SMILES string of the molecule is CCc1ccccc1NC(=O)CCN1CC=C(c2cnn(CC)c2)CC1. The van der Waals surface area contributed by atoms with Crippen molar-refractivity contribution in [2.24, 2.45) is 0 Å². The lowest BCUT2D eigenvalue weighted by molar-refractivity contribution is -0.116. The second-order valence-corrected chi connectivity index (χ2v) is 6.67. The van der Waals surface area contributed by atoms with Gasteiger partial charge in [-0.2, -0.15) is 5.10 Å². The Morgan fingerprint density at radius 2 is 2.12 bits per heavy atom. The van der Waals surface area contributed by atoms with Crippen molar-refractivity contribution in [2.75, 3.05) is 25.0 Å². The van der Waals surface area contributed by atoms with E-state index in [0.29, 0.717) is 6.42 Å². The number of nitrogens with one attached hydrogen (secondary N) is 1. The van der Waals surface area contributed by atoms with E-state index in [1.165, 1.54) is 16.7 Å². The molecule has 0 aliphatic carbocycles. The molecule has 1 aliphatic rings. The number of hydrogen-bond acceptors (Lipinski definition) is 3. The Morgan fingerprint density at radius 1 is 1.27 bits per heavy atom. The second-order valence-electron chi connectivity index (χ2n) is 6.67. The molecule has 5 nitrogen and oxygen atoms in total. The summed E-state index contributed by atoms with van der Waals surface area (Å²) in [5.41, 5.74) is 4.70. The molecule has 1 amide bonds. The van der Waals surface area contributed by atoms with Crippen molar-refractivity contribution in [2.45, 2.75) is 39.7 Å². The summed E-state index contributed by atoms with van der Waals surface area (Å²) in [6.45, 7) is 7.77. The molecule has 0 bridgehead atoms. The summed E-state index contributed by atoms with van der Waals surface area (Å²) < 4.78 is 1.96. The molecule has 138 valence electrons. The van der Waals surface area contributed by atoms with Gasteiger partial charge in [0.15, 0.2) is 0 Å². The quantitative estimate of drug-likeness (QED) is 0.828. The zero-order valence-corrected chi connectivity index (χ0v) is 15.7. The Bertz CT molecular complexity index is 778. The number of rotatable bonds is 7. The minimum atomic E-state index is 0.0879. The first kappa shape index (κ1) is 18.4. The van der Waals surface area contributed by atoms with E-state index in [4.69, 9.17) is 0 Å². The van der Waals surface area contributed by atoms with Gasteiger partial charge < -0.3 is 5.32 Å². The van der Waals surface area contributed by atoms with Crippen LogP contribution in [-0.2, 0) is 17.8 Å². The molecule has 0 fully saturated rings. The predicted octanol–water partition coefficient (Wildman–Crippen LogP) is 3.58. The van der Waals surface area contributed by atoms with Crippen molar-refractivity contribution in [1.82, 2.24) is 14.7 Å². The molecule has 0 saturated heterocycles. The van der Waals surface area contributed by atoms with E-state index in [0.717, 1.165) is 44.7 Å². The van der Waals surface area contributed by atoms with Crippen LogP contribution in [0.15, 0.2) is 42.7 Å². The van der Waals surface area contributed by atoms with Crippen LogP contribution in [0, 0.1) is 0 Å². The average Bonchev–Trinajstić information content (AvgIpc) is 3.16. The normalized spacial score (nSPS) is 14.9. The number of anilines is 1.